The van der Waals surface area contributed by atoms with Crippen LogP contribution < -0.4 is 9.47 Å². The fourth-order valence-corrected chi connectivity index (χ4v) is 5.38. The van der Waals surface area contributed by atoms with Crippen LogP contribution in [0.2, 0.25) is 5.02 Å². The lowest BCUT2D eigenvalue weighted by molar-refractivity contribution is 0.174. The molecule has 0 amide bonds. The van der Waals surface area contributed by atoms with E-state index >= 15 is 0 Å². The summed E-state index contributed by atoms with van der Waals surface area (Å²) in [4.78, 5) is 7.36. The summed E-state index contributed by atoms with van der Waals surface area (Å²) in [5.74, 6) is 1.36. The van der Waals surface area contributed by atoms with Gasteiger partial charge in [0, 0.05) is 21.4 Å². The van der Waals surface area contributed by atoms with Crippen LogP contribution in [0.25, 0.3) is 0 Å². The van der Waals surface area contributed by atoms with Gasteiger partial charge in [0.25, 0.3) is 0 Å². The normalized spacial score (nSPS) is 18.2. The third-order valence-electron chi connectivity index (χ3n) is 4.40. The molecule has 0 fully saturated rings. The first kappa shape index (κ1) is 16.2. The van der Waals surface area contributed by atoms with Crippen LogP contribution in [0.4, 0.5) is 5.69 Å². The van der Waals surface area contributed by atoms with Gasteiger partial charge in [0.1, 0.15) is 0 Å². The van der Waals surface area contributed by atoms with Gasteiger partial charge >= 0.3 is 0 Å². The molecule has 1 atom stereocenters. The second-order valence-corrected chi connectivity index (χ2v) is 8.65. The number of ether oxygens (including phenoxy) is 2. The second-order valence-electron chi connectivity index (χ2n) is 6.05. The zero-order chi connectivity index (χ0) is 17.5. The van der Waals surface area contributed by atoms with Crippen molar-refractivity contribution in [2.45, 2.75) is 16.6 Å². The van der Waals surface area contributed by atoms with Gasteiger partial charge in [0.2, 0.25) is 6.79 Å². The average Bonchev–Trinajstić information content (AvgIpc) is 3.30. The number of halogens is 1. The quantitative estimate of drug-likeness (QED) is 0.493. The first-order chi connectivity index (χ1) is 12.8. The Labute approximate surface area is 164 Å². The molecule has 26 heavy (non-hydrogen) atoms. The van der Waals surface area contributed by atoms with Crippen molar-refractivity contribution in [2.75, 3.05) is 6.79 Å². The van der Waals surface area contributed by atoms with Crippen molar-refractivity contribution in [3.63, 3.8) is 0 Å². The average molecular weight is 400 g/mol. The van der Waals surface area contributed by atoms with E-state index < -0.39 is 0 Å². The molecular formula is C20H14ClNO2S2. The van der Waals surface area contributed by atoms with Crippen molar-refractivity contribution in [3.05, 3.63) is 69.4 Å². The van der Waals surface area contributed by atoms with Gasteiger partial charge in [-0.05, 0) is 41.3 Å². The molecule has 3 aromatic rings. The molecular weight excluding hydrogens is 386 g/mol. The second kappa shape index (κ2) is 6.65. The van der Waals surface area contributed by atoms with E-state index in [1.807, 2.05) is 30.0 Å². The Morgan fingerprint density at radius 2 is 2.00 bits per heavy atom. The van der Waals surface area contributed by atoms with Gasteiger partial charge in [-0.15, -0.1) is 23.1 Å². The molecule has 2 aliphatic rings. The molecule has 3 heterocycles. The Kier molecular flexibility index (Phi) is 4.15. The molecule has 0 bridgehead atoms. The third kappa shape index (κ3) is 2.90. The molecule has 5 rings (SSSR count). The van der Waals surface area contributed by atoms with Crippen molar-refractivity contribution in [2.24, 2.45) is 4.99 Å². The summed E-state index contributed by atoms with van der Waals surface area (Å²) in [6, 6.07) is 16.5. The lowest BCUT2D eigenvalue weighted by Crippen LogP contribution is -2.04. The molecule has 2 aliphatic heterocycles. The summed E-state index contributed by atoms with van der Waals surface area (Å²) in [5, 5.41) is 2.89. The van der Waals surface area contributed by atoms with E-state index in [0.29, 0.717) is 10.8 Å². The molecule has 0 aliphatic carbocycles. The van der Waals surface area contributed by atoms with Crippen LogP contribution in [-0.2, 0) is 0 Å². The molecule has 0 saturated carbocycles. The number of para-hydroxylation sites is 1. The highest BCUT2D eigenvalue weighted by Crippen LogP contribution is 2.49. The van der Waals surface area contributed by atoms with Crippen LogP contribution in [0.5, 0.6) is 11.5 Å². The largest absolute Gasteiger partial charge is 0.454 e. The number of fused-ring (bicyclic) bond motifs is 2. The molecule has 1 aromatic heterocycles. The maximum Gasteiger partial charge on any atom is 0.231 e. The Balaban J connectivity index is 1.60. The van der Waals surface area contributed by atoms with Gasteiger partial charge in [-0.25, -0.2) is 0 Å². The van der Waals surface area contributed by atoms with E-state index in [-0.39, 0.29) is 12.0 Å². The van der Waals surface area contributed by atoms with E-state index in [4.69, 9.17) is 26.1 Å². The SMILES string of the molecule is Clc1cc([C@H]2CC(c3cccs3)=Nc3ccccc3S2)cc2c1OCO2. The minimum absolute atomic E-state index is 0.200. The summed E-state index contributed by atoms with van der Waals surface area (Å²) in [5.41, 5.74) is 3.26. The van der Waals surface area contributed by atoms with E-state index in [1.165, 1.54) is 9.77 Å². The first-order valence-electron chi connectivity index (χ1n) is 8.24. The van der Waals surface area contributed by atoms with Crippen molar-refractivity contribution < 1.29 is 9.47 Å². The number of hydrogen-bond acceptors (Lipinski definition) is 5. The van der Waals surface area contributed by atoms with Gasteiger partial charge in [-0.3, -0.25) is 4.99 Å². The van der Waals surface area contributed by atoms with Gasteiger partial charge < -0.3 is 9.47 Å². The topological polar surface area (TPSA) is 30.8 Å². The molecule has 6 heteroatoms. The molecule has 0 saturated heterocycles. The number of aliphatic imine (C=N–C) groups is 1. The summed E-state index contributed by atoms with van der Waals surface area (Å²) in [7, 11) is 0. The molecule has 3 nitrogen and oxygen atoms in total. The monoisotopic (exact) mass is 399 g/mol. The lowest BCUT2D eigenvalue weighted by Gasteiger charge is -2.17. The van der Waals surface area contributed by atoms with Gasteiger partial charge in [-0.1, -0.05) is 29.8 Å². The maximum atomic E-state index is 6.43. The van der Waals surface area contributed by atoms with E-state index in [9.17, 15) is 0 Å². The van der Waals surface area contributed by atoms with E-state index in [1.54, 1.807) is 11.3 Å². The number of rotatable bonds is 2. The van der Waals surface area contributed by atoms with Crippen LogP contribution in [0.15, 0.2) is 63.8 Å². The van der Waals surface area contributed by atoms with E-state index in [2.05, 4.69) is 35.7 Å². The third-order valence-corrected chi connectivity index (χ3v) is 6.92. The highest BCUT2D eigenvalue weighted by atomic mass is 35.5. The van der Waals surface area contributed by atoms with Gasteiger partial charge in [0.05, 0.1) is 16.4 Å². The number of nitrogens with zero attached hydrogens (tertiary/aromatic N) is 1. The van der Waals surface area contributed by atoms with Gasteiger partial charge in [0.15, 0.2) is 11.5 Å². The molecule has 130 valence electrons. The maximum absolute atomic E-state index is 6.43. The number of benzene rings is 2. The first-order valence-corrected chi connectivity index (χ1v) is 10.4. The fourth-order valence-electron chi connectivity index (χ4n) is 3.17. The lowest BCUT2D eigenvalue weighted by atomic mass is 10.0. The molecule has 0 N–H and O–H groups in total. The predicted molar refractivity (Wildman–Crippen MR) is 108 cm³/mol. The zero-order valence-electron chi connectivity index (χ0n) is 13.6. The Bertz CT molecular complexity index is 1000. The van der Waals surface area contributed by atoms with Gasteiger partial charge in [-0.2, -0.15) is 0 Å². The number of hydrogen-bond donors (Lipinski definition) is 0. The Hall–Kier alpha value is -1.95. The number of thioether (sulfide) groups is 1. The predicted octanol–water partition coefficient (Wildman–Crippen LogP) is 6.49. The highest BCUT2D eigenvalue weighted by molar-refractivity contribution is 7.99. The molecule has 0 radical (unpaired) electrons. The van der Waals surface area contributed by atoms with Crippen LogP contribution in [0.3, 0.4) is 0 Å². The Morgan fingerprint density at radius 1 is 1.08 bits per heavy atom. The van der Waals surface area contributed by atoms with Crippen molar-refractivity contribution in [1.29, 1.82) is 0 Å². The molecule has 2 aromatic carbocycles. The minimum Gasteiger partial charge on any atom is -0.454 e. The van der Waals surface area contributed by atoms with Crippen molar-refractivity contribution >= 4 is 46.1 Å². The Morgan fingerprint density at radius 3 is 2.88 bits per heavy atom. The van der Waals surface area contributed by atoms with Crippen LogP contribution >= 0.6 is 34.7 Å². The standard InChI is InChI=1S/C20H14ClNO2S2/c21-13-8-12(9-16-20(13)24-11-23-16)19-10-15(17-6-3-7-25-17)22-14-4-1-2-5-18(14)26-19/h1-9,19H,10-11H2/t19-/m1/s1. The highest BCUT2D eigenvalue weighted by Gasteiger charge is 2.26. The minimum atomic E-state index is 0.200. The summed E-state index contributed by atoms with van der Waals surface area (Å²) in [6.45, 7) is 0.223. The zero-order valence-corrected chi connectivity index (χ0v) is 16.0. The fraction of sp³-hybridized carbons (Fsp3) is 0.150. The summed E-state index contributed by atoms with van der Waals surface area (Å²) < 4.78 is 11.0. The van der Waals surface area contributed by atoms with Crippen LogP contribution in [0.1, 0.15) is 22.1 Å². The molecule has 0 spiro atoms. The molecule has 0 unspecified atom stereocenters. The van der Waals surface area contributed by atoms with Crippen LogP contribution in [0, 0.1) is 0 Å². The number of thiophene rings is 1. The van der Waals surface area contributed by atoms with Crippen molar-refractivity contribution in [1.82, 2.24) is 0 Å². The summed E-state index contributed by atoms with van der Waals surface area (Å²) >= 11 is 9.97. The van der Waals surface area contributed by atoms with E-state index in [0.717, 1.165) is 29.1 Å². The summed E-state index contributed by atoms with van der Waals surface area (Å²) in [6.07, 6.45) is 0.829. The smallest absolute Gasteiger partial charge is 0.231 e. The van der Waals surface area contributed by atoms with Crippen LogP contribution in [-0.4, -0.2) is 12.5 Å². The van der Waals surface area contributed by atoms with Crippen molar-refractivity contribution in [3.8, 4) is 11.5 Å².